The van der Waals surface area contributed by atoms with Crippen molar-refractivity contribution in [2.75, 3.05) is 19.5 Å². The van der Waals surface area contributed by atoms with E-state index in [4.69, 9.17) is 14.0 Å². The Hall–Kier alpha value is -1.41. The lowest BCUT2D eigenvalue weighted by Crippen LogP contribution is -2.35. The van der Waals surface area contributed by atoms with Gasteiger partial charge in [0.1, 0.15) is 12.4 Å². The summed E-state index contributed by atoms with van der Waals surface area (Å²) in [5, 5.41) is 0. The summed E-state index contributed by atoms with van der Waals surface area (Å²) in [6.45, 7) is -0.427. The number of carbonyl (C=O) groups excluding carboxylic acids is 2. The molecule has 2 aliphatic rings. The molecule has 0 aromatic carbocycles. The molecule has 7 nitrogen and oxygen atoms in total. The van der Waals surface area contributed by atoms with Gasteiger partial charge in [-0.2, -0.15) is 8.42 Å². The van der Waals surface area contributed by atoms with Gasteiger partial charge in [0.25, 0.3) is 10.1 Å². The molecule has 0 heterocycles. The molecule has 0 radical (unpaired) electrons. The van der Waals surface area contributed by atoms with Gasteiger partial charge in [-0.05, 0) is 18.3 Å². The van der Waals surface area contributed by atoms with Crippen LogP contribution < -0.4 is 0 Å². The van der Waals surface area contributed by atoms with Crippen LogP contribution in [0.2, 0.25) is 0 Å². The lowest BCUT2D eigenvalue weighted by atomic mass is 9.83. The van der Waals surface area contributed by atoms with Gasteiger partial charge in [0.05, 0.1) is 18.9 Å². The second-order valence-electron chi connectivity index (χ2n) is 4.98. The number of carbonyl (C=O) groups is 2. The zero-order valence-corrected chi connectivity index (χ0v) is 11.7. The van der Waals surface area contributed by atoms with Gasteiger partial charge in [-0.3, -0.25) is 14.1 Å². The lowest BCUT2D eigenvalue weighted by molar-refractivity contribution is -0.159. The average Bonchev–Trinajstić information content (AvgIpc) is 2.96. The Morgan fingerprint density at radius 3 is 2.25 bits per heavy atom. The fourth-order valence-electron chi connectivity index (χ4n) is 2.94. The highest BCUT2D eigenvalue weighted by atomic mass is 32.2. The van der Waals surface area contributed by atoms with Crippen LogP contribution in [0.1, 0.15) is 6.42 Å². The van der Waals surface area contributed by atoms with Gasteiger partial charge < -0.3 is 9.47 Å². The first kappa shape index (κ1) is 15.0. The van der Waals surface area contributed by atoms with Gasteiger partial charge in [-0.1, -0.05) is 12.2 Å². The van der Waals surface area contributed by atoms with E-state index in [0.717, 1.165) is 0 Å². The maximum Gasteiger partial charge on any atom is 0.310 e. The van der Waals surface area contributed by atoms with Crippen molar-refractivity contribution in [1.82, 2.24) is 0 Å². The maximum absolute atomic E-state index is 12.0. The zero-order chi connectivity index (χ0) is 14.9. The third kappa shape index (κ3) is 3.01. The fraction of sp³-hybridized carbons (Fsp3) is 0.667. The van der Waals surface area contributed by atoms with E-state index in [-0.39, 0.29) is 11.8 Å². The molecule has 0 spiro atoms. The Kier molecular flexibility index (Phi) is 4.14. The summed E-state index contributed by atoms with van der Waals surface area (Å²) in [5.74, 6) is -3.07. The van der Waals surface area contributed by atoms with Crippen molar-refractivity contribution in [2.45, 2.75) is 6.42 Å². The molecule has 1 saturated carbocycles. The molecule has 0 amide bonds. The smallest absolute Gasteiger partial charge is 0.310 e. The molecule has 2 bridgehead atoms. The van der Waals surface area contributed by atoms with E-state index < -0.39 is 46.3 Å². The topological polar surface area (TPSA) is 107 Å². The second-order valence-corrected chi connectivity index (χ2v) is 6.55. The molecule has 0 saturated heterocycles. The van der Waals surface area contributed by atoms with Crippen LogP contribution in [0.5, 0.6) is 0 Å². The number of hydrogen-bond acceptors (Lipinski definition) is 6. The Balaban J connectivity index is 2.01. The predicted octanol–water partition coefficient (Wildman–Crippen LogP) is 0.0287. The van der Waals surface area contributed by atoms with Crippen LogP contribution in [-0.2, 0) is 29.2 Å². The van der Waals surface area contributed by atoms with Crippen molar-refractivity contribution in [1.29, 1.82) is 0 Å². The van der Waals surface area contributed by atoms with E-state index in [1.54, 1.807) is 0 Å². The Bertz CT molecular complexity index is 536. The summed E-state index contributed by atoms with van der Waals surface area (Å²) >= 11 is 0. The minimum Gasteiger partial charge on any atom is -0.469 e. The van der Waals surface area contributed by atoms with Gasteiger partial charge >= 0.3 is 11.9 Å². The lowest BCUT2D eigenvalue weighted by Gasteiger charge is -2.24. The van der Waals surface area contributed by atoms with Crippen molar-refractivity contribution in [3.05, 3.63) is 12.2 Å². The first-order valence-corrected chi connectivity index (χ1v) is 7.82. The summed E-state index contributed by atoms with van der Waals surface area (Å²) in [4.78, 5) is 23.8. The van der Waals surface area contributed by atoms with Crippen molar-refractivity contribution in [3.63, 3.8) is 0 Å². The van der Waals surface area contributed by atoms with Gasteiger partial charge in [-0.25, -0.2) is 0 Å². The van der Waals surface area contributed by atoms with E-state index in [0.29, 0.717) is 6.42 Å². The summed E-state index contributed by atoms with van der Waals surface area (Å²) in [6.07, 6.45) is 4.46. The molecule has 1 fully saturated rings. The molecular weight excluding hydrogens is 288 g/mol. The Labute approximate surface area is 116 Å². The zero-order valence-electron chi connectivity index (χ0n) is 10.9. The second kappa shape index (κ2) is 5.53. The van der Waals surface area contributed by atoms with Crippen LogP contribution in [0.15, 0.2) is 12.2 Å². The first-order valence-electron chi connectivity index (χ1n) is 6.21. The van der Waals surface area contributed by atoms with E-state index in [1.807, 2.05) is 12.2 Å². The van der Waals surface area contributed by atoms with Gasteiger partial charge in [-0.15, -0.1) is 0 Å². The molecule has 112 valence electrons. The molecule has 20 heavy (non-hydrogen) atoms. The summed E-state index contributed by atoms with van der Waals surface area (Å²) in [6, 6.07) is 0. The van der Waals surface area contributed by atoms with Crippen molar-refractivity contribution in [2.24, 2.45) is 23.7 Å². The molecule has 1 N–H and O–H groups in total. The van der Waals surface area contributed by atoms with E-state index in [2.05, 4.69) is 0 Å². The fourth-order valence-corrected chi connectivity index (χ4v) is 3.24. The Morgan fingerprint density at radius 2 is 1.75 bits per heavy atom. The monoisotopic (exact) mass is 304 g/mol. The number of fused-ring (bicyclic) bond motifs is 2. The third-order valence-electron chi connectivity index (χ3n) is 3.79. The number of hydrogen-bond donors (Lipinski definition) is 1. The number of rotatable bonds is 5. The van der Waals surface area contributed by atoms with Crippen molar-refractivity contribution < 1.29 is 32.0 Å². The van der Waals surface area contributed by atoms with Crippen LogP contribution in [-0.4, -0.2) is 44.4 Å². The van der Waals surface area contributed by atoms with Gasteiger partial charge in [0.15, 0.2) is 0 Å². The minimum absolute atomic E-state index is 0.0356. The molecule has 0 aliphatic heterocycles. The van der Waals surface area contributed by atoms with E-state index in [1.165, 1.54) is 7.11 Å². The minimum atomic E-state index is -4.17. The van der Waals surface area contributed by atoms with E-state index in [9.17, 15) is 18.0 Å². The number of esters is 2. The SMILES string of the molecule is COC(=O)C1C2C=CC(C2)C1C(=O)OCCS(=O)(=O)O. The molecule has 4 atom stereocenters. The average molecular weight is 304 g/mol. The quantitative estimate of drug-likeness (QED) is 0.433. The van der Waals surface area contributed by atoms with Gasteiger partial charge in [0, 0.05) is 0 Å². The standard InChI is InChI=1S/C12H16O7S/c1-18-11(13)9-7-2-3-8(6-7)10(9)12(14)19-4-5-20(15,16)17/h2-3,7-10H,4-6H2,1H3,(H,15,16,17). The molecular formula is C12H16O7S. The van der Waals surface area contributed by atoms with Crippen LogP contribution in [0.25, 0.3) is 0 Å². The molecule has 0 aromatic heterocycles. The summed E-state index contributed by atoms with van der Waals surface area (Å²) in [5.41, 5.74) is 0. The van der Waals surface area contributed by atoms with Crippen LogP contribution in [0, 0.1) is 23.7 Å². The van der Waals surface area contributed by atoms with Crippen LogP contribution in [0.3, 0.4) is 0 Å². The Morgan fingerprint density at radius 1 is 1.20 bits per heavy atom. The van der Waals surface area contributed by atoms with Crippen molar-refractivity contribution >= 4 is 22.1 Å². The molecule has 2 aliphatic carbocycles. The largest absolute Gasteiger partial charge is 0.469 e. The van der Waals surface area contributed by atoms with Gasteiger partial charge in [0.2, 0.25) is 0 Å². The molecule has 4 unspecified atom stereocenters. The summed E-state index contributed by atoms with van der Waals surface area (Å²) in [7, 11) is -2.91. The number of methoxy groups -OCH3 is 1. The molecule has 0 aromatic rings. The highest BCUT2D eigenvalue weighted by molar-refractivity contribution is 7.85. The maximum atomic E-state index is 12.0. The highest BCUT2D eigenvalue weighted by Gasteiger charge is 2.52. The number of allylic oxidation sites excluding steroid dienone is 2. The van der Waals surface area contributed by atoms with Crippen LogP contribution >= 0.6 is 0 Å². The molecule has 8 heteroatoms. The molecule has 2 rings (SSSR count). The summed E-state index contributed by atoms with van der Waals surface area (Å²) < 4.78 is 39.3. The number of ether oxygens (including phenoxy) is 2. The van der Waals surface area contributed by atoms with Crippen molar-refractivity contribution in [3.8, 4) is 0 Å². The first-order chi connectivity index (χ1) is 9.33. The normalized spacial score (nSPS) is 31.3. The van der Waals surface area contributed by atoms with E-state index >= 15 is 0 Å². The third-order valence-corrected chi connectivity index (χ3v) is 4.47. The van der Waals surface area contributed by atoms with Crippen LogP contribution in [0.4, 0.5) is 0 Å². The predicted molar refractivity (Wildman–Crippen MR) is 67.1 cm³/mol. The highest BCUT2D eigenvalue weighted by Crippen LogP contribution is 2.48.